The van der Waals surface area contributed by atoms with E-state index in [1.807, 2.05) is 26.8 Å². The second-order valence-electron chi connectivity index (χ2n) is 3.61. The van der Waals surface area contributed by atoms with Crippen molar-refractivity contribution < 1.29 is 9.53 Å². The minimum Gasteiger partial charge on any atom is -0.434 e. The van der Waals surface area contributed by atoms with Crippen LogP contribution in [-0.4, -0.2) is 5.97 Å². The SMILES string of the molecule is CC(C)(C)C1C=COC1=O. The van der Waals surface area contributed by atoms with E-state index < -0.39 is 0 Å². The number of carbonyl (C=O) groups excluding carboxylic acids is 1. The van der Waals surface area contributed by atoms with Gasteiger partial charge in [-0.3, -0.25) is 4.79 Å². The molecule has 0 amide bonds. The molecule has 0 N–H and O–H groups in total. The zero-order valence-corrected chi connectivity index (χ0v) is 6.55. The van der Waals surface area contributed by atoms with E-state index in [1.165, 1.54) is 6.26 Å². The molecule has 0 aromatic heterocycles. The van der Waals surface area contributed by atoms with Crippen LogP contribution < -0.4 is 0 Å². The van der Waals surface area contributed by atoms with Gasteiger partial charge >= 0.3 is 5.97 Å². The van der Waals surface area contributed by atoms with E-state index >= 15 is 0 Å². The number of hydrogen-bond donors (Lipinski definition) is 0. The fraction of sp³-hybridized carbons (Fsp3) is 0.625. The van der Waals surface area contributed by atoms with Crippen molar-refractivity contribution in [3.63, 3.8) is 0 Å². The lowest BCUT2D eigenvalue weighted by molar-refractivity contribution is -0.141. The molecule has 1 aliphatic rings. The molecular formula is C8H12O2. The quantitative estimate of drug-likeness (QED) is 0.479. The lowest BCUT2D eigenvalue weighted by Gasteiger charge is -2.21. The summed E-state index contributed by atoms with van der Waals surface area (Å²) in [6.45, 7) is 6.07. The molecule has 0 bridgehead atoms. The number of rotatable bonds is 0. The van der Waals surface area contributed by atoms with Crippen molar-refractivity contribution in [1.29, 1.82) is 0 Å². The van der Waals surface area contributed by atoms with Crippen LogP contribution in [0.4, 0.5) is 0 Å². The van der Waals surface area contributed by atoms with Gasteiger partial charge in [-0.2, -0.15) is 0 Å². The summed E-state index contributed by atoms with van der Waals surface area (Å²) in [5, 5.41) is 0. The lowest BCUT2D eigenvalue weighted by Crippen LogP contribution is -2.24. The molecule has 2 heteroatoms. The first-order valence-corrected chi connectivity index (χ1v) is 3.39. The van der Waals surface area contributed by atoms with Gasteiger partial charge in [-0.25, -0.2) is 0 Å². The van der Waals surface area contributed by atoms with Crippen molar-refractivity contribution >= 4 is 5.97 Å². The van der Waals surface area contributed by atoms with Crippen LogP contribution in [0.3, 0.4) is 0 Å². The van der Waals surface area contributed by atoms with E-state index in [2.05, 4.69) is 4.74 Å². The van der Waals surface area contributed by atoms with Crippen LogP contribution in [0.1, 0.15) is 20.8 Å². The summed E-state index contributed by atoms with van der Waals surface area (Å²) in [5.41, 5.74) is -0.00984. The topological polar surface area (TPSA) is 26.3 Å². The van der Waals surface area contributed by atoms with Crippen molar-refractivity contribution in [2.24, 2.45) is 11.3 Å². The molecular weight excluding hydrogens is 128 g/mol. The average Bonchev–Trinajstić information content (AvgIpc) is 2.11. The summed E-state index contributed by atoms with van der Waals surface area (Å²) >= 11 is 0. The van der Waals surface area contributed by atoms with Crippen LogP contribution in [0.2, 0.25) is 0 Å². The maximum absolute atomic E-state index is 10.9. The number of carbonyl (C=O) groups is 1. The fourth-order valence-electron chi connectivity index (χ4n) is 0.979. The monoisotopic (exact) mass is 140 g/mol. The standard InChI is InChI=1S/C8H12O2/c1-8(2,3)6-4-5-10-7(6)9/h4-6H,1-3H3. The van der Waals surface area contributed by atoms with Gasteiger partial charge in [-0.05, 0) is 11.5 Å². The van der Waals surface area contributed by atoms with Crippen molar-refractivity contribution in [3.8, 4) is 0 Å². The first-order chi connectivity index (χ1) is 4.52. The molecule has 0 saturated heterocycles. The Hall–Kier alpha value is -0.790. The highest BCUT2D eigenvalue weighted by molar-refractivity contribution is 5.78. The van der Waals surface area contributed by atoms with Crippen molar-refractivity contribution in [3.05, 3.63) is 12.3 Å². The van der Waals surface area contributed by atoms with Gasteiger partial charge in [-0.15, -0.1) is 0 Å². The molecule has 1 rings (SSSR count). The van der Waals surface area contributed by atoms with Crippen LogP contribution in [0.5, 0.6) is 0 Å². The van der Waals surface area contributed by atoms with Gasteiger partial charge in [0.15, 0.2) is 0 Å². The van der Waals surface area contributed by atoms with Gasteiger partial charge in [-0.1, -0.05) is 20.8 Å². The molecule has 0 saturated carbocycles. The molecule has 56 valence electrons. The predicted molar refractivity (Wildman–Crippen MR) is 38.2 cm³/mol. The van der Waals surface area contributed by atoms with Crippen LogP contribution in [-0.2, 0) is 9.53 Å². The van der Waals surface area contributed by atoms with Crippen LogP contribution in [0, 0.1) is 11.3 Å². The summed E-state index contributed by atoms with van der Waals surface area (Å²) in [6.07, 6.45) is 3.28. The van der Waals surface area contributed by atoms with Crippen molar-refractivity contribution in [2.75, 3.05) is 0 Å². The molecule has 0 aliphatic carbocycles. The summed E-state index contributed by atoms with van der Waals surface area (Å²) in [6, 6.07) is 0. The zero-order chi connectivity index (χ0) is 7.78. The van der Waals surface area contributed by atoms with Crippen LogP contribution in [0.15, 0.2) is 12.3 Å². The van der Waals surface area contributed by atoms with Gasteiger partial charge in [0.25, 0.3) is 0 Å². The molecule has 10 heavy (non-hydrogen) atoms. The first-order valence-electron chi connectivity index (χ1n) is 3.39. The van der Waals surface area contributed by atoms with Crippen molar-refractivity contribution in [1.82, 2.24) is 0 Å². The maximum Gasteiger partial charge on any atom is 0.318 e. The Labute approximate surface area is 60.9 Å². The summed E-state index contributed by atoms with van der Waals surface area (Å²) in [7, 11) is 0. The molecule has 1 atom stereocenters. The molecule has 1 heterocycles. The minimum atomic E-state index is -0.132. The Kier molecular flexibility index (Phi) is 1.55. The smallest absolute Gasteiger partial charge is 0.318 e. The molecule has 0 spiro atoms. The molecule has 1 aliphatic heterocycles. The van der Waals surface area contributed by atoms with E-state index in [0.29, 0.717) is 0 Å². The van der Waals surface area contributed by atoms with E-state index in [1.54, 1.807) is 0 Å². The van der Waals surface area contributed by atoms with E-state index in [4.69, 9.17) is 0 Å². The summed E-state index contributed by atoms with van der Waals surface area (Å²) in [5.74, 6) is -0.194. The maximum atomic E-state index is 10.9. The second-order valence-corrected chi connectivity index (χ2v) is 3.61. The highest BCUT2D eigenvalue weighted by atomic mass is 16.5. The largest absolute Gasteiger partial charge is 0.434 e. The van der Waals surface area contributed by atoms with E-state index in [0.717, 1.165) is 0 Å². The van der Waals surface area contributed by atoms with E-state index in [-0.39, 0.29) is 17.3 Å². The molecule has 0 fully saturated rings. The molecule has 0 radical (unpaired) electrons. The Morgan fingerprint density at radius 1 is 1.50 bits per heavy atom. The Balaban J connectivity index is 2.73. The summed E-state index contributed by atoms with van der Waals surface area (Å²) < 4.78 is 4.67. The Morgan fingerprint density at radius 3 is 2.30 bits per heavy atom. The van der Waals surface area contributed by atoms with Gasteiger partial charge in [0, 0.05) is 0 Å². The Bertz CT molecular complexity index is 174. The van der Waals surface area contributed by atoms with Crippen molar-refractivity contribution in [2.45, 2.75) is 20.8 Å². The number of cyclic esters (lactones) is 1. The van der Waals surface area contributed by atoms with Crippen LogP contribution >= 0.6 is 0 Å². The minimum absolute atomic E-state index is 0.00984. The highest BCUT2D eigenvalue weighted by Gasteiger charge is 2.33. The lowest BCUT2D eigenvalue weighted by atomic mass is 9.81. The first kappa shape index (κ1) is 7.32. The van der Waals surface area contributed by atoms with Gasteiger partial charge < -0.3 is 4.74 Å². The van der Waals surface area contributed by atoms with Gasteiger partial charge in [0.1, 0.15) is 0 Å². The van der Waals surface area contributed by atoms with Gasteiger partial charge in [0.2, 0.25) is 0 Å². The molecule has 1 unspecified atom stereocenters. The third kappa shape index (κ3) is 1.20. The van der Waals surface area contributed by atoms with Crippen LogP contribution in [0.25, 0.3) is 0 Å². The third-order valence-corrected chi connectivity index (χ3v) is 1.64. The predicted octanol–water partition coefficient (Wildman–Crippen LogP) is 1.72. The summed E-state index contributed by atoms with van der Waals surface area (Å²) in [4.78, 5) is 10.9. The Morgan fingerprint density at radius 2 is 2.10 bits per heavy atom. The highest BCUT2D eigenvalue weighted by Crippen LogP contribution is 2.30. The second kappa shape index (κ2) is 2.11. The average molecular weight is 140 g/mol. The van der Waals surface area contributed by atoms with E-state index in [9.17, 15) is 4.79 Å². The van der Waals surface area contributed by atoms with Gasteiger partial charge in [0.05, 0.1) is 12.2 Å². The molecule has 0 aromatic rings. The zero-order valence-electron chi connectivity index (χ0n) is 6.55. The number of ether oxygens (including phenoxy) is 1. The number of esters is 1. The molecule has 2 nitrogen and oxygen atoms in total. The normalized spacial score (nSPS) is 25.1. The fourth-order valence-corrected chi connectivity index (χ4v) is 0.979. The third-order valence-electron chi connectivity index (χ3n) is 1.64. The number of hydrogen-bond acceptors (Lipinski definition) is 2. The molecule has 0 aromatic carbocycles.